The van der Waals surface area contributed by atoms with Crippen LogP contribution in [0.2, 0.25) is 0 Å². The summed E-state index contributed by atoms with van der Waals surface area (Å²) < 4.78 is 5.87. The first-order valence-corrected chi connectivity index (χ1v) is 13.4. The van der Waals surface area contributed by atoms with Gasteiger partial charge < -0.3 is 10.1 Å². The van der Waals surface area contributed by atoms with Gasteiger partial charge in [-0.2, -0.15) is 0 Å². The van der Waals surface area contributed by atoms with E-state index in [1.54, 1.807) is 0 Å². The van der Waals surface area contributed by atoms with Crippen LogP contribution in [-0.4, -0.2) is 133 Å². The quantitative estimate of drug-likeness (QED) is 0.691. The maximum absolute atomic E-state index is 5.87. The maximum atomic E-state index is 5.87. The van der Waals surface area contributed by atoms with Gasteiger partial charge in [-0.15, -0.1) is 11.8 Å². The highest BCUT2D eigenvalue weighted by molar-refractivity contribution is 8.00. The average Bonchev–Trinajstić information content (AvgIpc) is 3.36. The highest BCUT2D eigenvalue weighted by atomic mass is 32.2. The van der Waals surface area contributed by atoms with E-state index in [0.29, 0.717) is 0 Å². The monoisotopic (exact) mass is 438 g/mol. The molecule has 172 valence electrons. The maximum Gasteiger partial charge on any atom is 0.174 e. The predicted molar refractivity (Wildman–Crippen MR) is 124 cm³/mol. The number of morpholine rings is 1. The van der Waals surface area contributed by atoms with Crippen molar-refractivity contribution in [1.29, 1.82) is 0 Å². The minimum atomic E-state index is -0.0938. The van der Waals surface area contributed by atoms with Gasteiger partial charge in [-0.05, 0) is 32.7 Å². The van der Waals surface area contributed by atoms with E-state index < -0.39 is 0 Å². The van der Waals surface area contributed by atoms with Crippen molar-refractivity contribution in [3.05, 3.63) is 0 Å². The summed E-state index contributed by atoms with van der Waals surface area (Å²) in [5.41, 5.74) is 0. The molecule has 0 bridgehead atoms. The summed E-state index contributed by atoms with van der Waals surface area (Å²) in [6.07, 6.45) is 6.79. The van der Waals surface area contributed by atoms with E-state index in [-0.39, 0.29) is 10.8 Å². The molecule has 0 amide bonds. The normalized spacial score (nSPS) is 39.5. The van der Waals surface area contributed by atoms with Crippen molar-refractivity contribution in [3.63, 3.8) is 0 Å². The molecular weight excluding hydrogens is 396 g/mol. The van der Waals surface area contributed by atoms with Crippen LogP contribution in [0.25, 0.3) is 0 Å². The third-order valence-corrected chi connectivity index (χ3v) is 9.61. The molecule has 0 spiro atoms. The van der Waals surface area contributed by atoms with Crippen LogP contribution < -0.4 is 5.32 Å². The summed E-state index contributed by atoms with van der Waals surface area (Å²) in [4.78, 5) is 14.3. The number of ether oxygens (including phenoxy) is 1. The van der Waals surface area contributed by atoms with Gasteiger partial charge in [0.15, 0.2) is 10.8 Å². The molecule has 5 aliphatic heterocycles. The number of piperazine rings is 1. The van der Waals surface area contributed by atoms with Crippen LogP contribution >= 0.6 is 11.8 Å². The van der Waals surface area contributed by atoms with Gasteiger partial charge in [0.05, 0.1) is 13.2 Å². The van der Waals surface area contributed by atoms with Crippen LogP contribution in [0, 0.1) is 0 Å². The molecule has 0 aromatic rings. The molecule has 30 heavy (non-hydrogen) atoms. The number of hydrogen-bond donors (Lipinski definition) is 1. The zero-order chi connectivity index (χ0) is 20.4. The van der Waals surface area contributed by atoms with Gasteiger partial charge in [-0.1, -0.05) is 6.42 Å². The number of nitrogens with one attached hydrogen (secondary N) is 1. The highest BCUT2D eigenvalue weighted by Gasteiger charge is 2.68. The fraction of sp³-hybridized carbons (Fsp3) is 1.00. The lowest BCUT2D eigenvalue weighted by atomic mass is 10.00. The standard InChI is InChI=1S/C22H42N6OS/c1-24-17-20-30-22(28-11-5-6-12-28,27-9-3-2-4-10-27)21(24,25-13-7-23-8-14-25)26-15-18-29-19-16-26/h23H,2-20H2,1H3. The summed E-state index contributed by atoms with van der Waals surface area (Å²) in [5, 5.41) is 3.63. The summed E-state index contributed by atoms with van der Waals surface area (Å²) in [5.74, 6) is 1.13. The first-order chi connectivity index (χ1) is 14.8. The minimum Gasteiger partial charge on any atom is -0.379 e. The van der Waals surface area contributed by atoms with Crippen LogP contribution in [-0.2, 0) is 4.74 Å². The fourth-order valence-electron chi connectivity index (χ4n) is 6.80. The van der Waals surface area contributed by atoms with Crippen LogP contribution in [0.15, 0.2) is 0 Å². The molecule has 0 aromatic carbocycles. The number of thioether (sulfide) groups is 1. The Hall–Kier alpha value is 0.0700. The summed E-state index contributed by atoms with van der Waals surface area (Å²) in [7, 11) is 2.42. The van der Waals surface area contributed by atoms with Gasteiger partial charge in [0, 0.05) is 77.7 Å². The van der Waals surface area contributed by atoms with Crippen molar-refractivity contribution in [3.8, 4) is 0 Å². The summed E-state index contributed by atoms with van der Waals surface area (Å²) >= 11 is 2.28. The number of piperidine rings is 1. The second kappa shape index (κ2) is 9.51. The average molecular weight is 439 g/mol. The zero-order valence-corrected chi connectivity index (χ0v) is 19.8. The number of hydrogen-bond acceptors (Lipinski definition) is 8. The Morgan fingerprint density at radius 2 is 1.23 bits per heavy atom. The van der Waals surface area contributed by atoms with Crippen molar-refractivity contribution in [2.75, 3.05) is 98.0 Å². The van der Waals surface area contributed by atoms with Crippen molar-refractivity contribution < 1.29 is 4.74 Å². The molecule has 5 rings (SSSR count). The summed E-state index contributed by atoms with van der Waals surface area (Å²) in [6.45, 7) is 14.4. The molecule has 8 heteroatoms. The molecule has 7 nitrogen and oxygen atoms in total. The molecule has 5 aliphatic rings. The molecule has 0 aromatic heterocycles. The first kappa shape index (κ1) is 21.9. The molecule has 5 saturated heterocycles. The Morgan fingerprint density at radius 3 is 1.87 bits per heavy atom. The minimum absolute atomic E-state index is 0.00556. The Labute approximate surface area is 187 Å². The Kier molecular flexibility index (Phi) is 6.94. The number of nitrogens with zero attached hydrogens (tertiary/aromatic N) is 5. The van der Waals surface area contributed by atoms with E-state index >= 15 is 0 Å². The predicted octanol–water partition coefficient (Wildman–Crippen LogP) is 0.792. The van der Waals surface area contributed by atoms with E-state index in [4.69, 9.17) is 4.74 Å². The molecule has 2 unspecified atom stereocenters. The summed E-state index contributed by atoms with van der Waals surface area (Å²) in [6, 6.07) is 0. The SMILES string of the molecule is CN1CCSC(N2CCCCC2)(N2CCCC2)C1(N1CCNCC1)N1CCOCC1. The Balaban J connectivity index is 1.66. The molecular formula is C22H42N6OS. The van der Waals surface area contributed by atoms with E-state index in [2.05, 4.69) is 48.6 Å². The van der Waals surface area contributed by atoms with Gasteiger partial charge in [0.1, 0.15) is 0 Å². The van der Waals surface area contributed by atoms with Gasteiger partial charge in [-0.3, -0.25) is 24.5 Å². The lowest BCUT2D eigenvalue weighted by molar-refractivity contribution is -0.266. The molecule has 2 atom stereocenters. The van der Waals surface area contributed by atoms with Crippen LogP contribution in [0.5, 0.6) is 0 Å². The largest absolute Gasteiger partial charge is 0.379 e. The zero-order valence-electron chi connectivity index (χ0n) is 19.0. The van der Waals surface area contributed by atoms with Crippen LogP contribution in [0.3, 0.4) is 0 Å². The number of likely N-dealkylation sites (tertiary alicyclic amines) is 2. The van der Waals surface area contributed by atoms with E-state index in [0.717, 1.165) is 59.0 Å². The second-order valence-corrected chi connectivity index (χ2v) is 10.9. The van der Waals surface area contributed by atoms with E-state index in [1.807, 2.05) is 0 Å². The van der Waals surface area contributed by atoms with Crippen LogP contribution in [0.4, 0.5) is 0 Å². The van der Waals surface area contributed by atoms with Crippen molar-refractivity contribution in [2.24, 2.45) is 0 Å². The lowest BCUT2D eigenvalue weighted by Crippen LogP contribution is -2.89. The van der Waals surface area contributed by atoms with Crippen LogP contribution in [0.1, 0.15) is 32.1 Å². The topological polar surface area (TPSA) is 37.5 Å². The third kappa shape index (κ3) is 3.46. The van der Waals surface area contributed by atoms with Crippen molar-refractivity contribution in [1.82, 2.24) is 29.8 Å². The number of rotatable bonds is 4. The Bertz CT molecular complexity index is 540. The molecule has 0 aliphatic carbocycles. The molecule has 5 heterocycles. The van der Waals surface area contributed by atoms with E-state index in [1.165, 1.54) is 64.0 Å². The van der Waals surface area contributed by atoms with Gasteiger partial charge in [0.25, 0.3) is 0 Å². The molecule has 0 radical (unpaired) electrons. The molecule has 0 saturated carbocycles. The Morgan fingerprint density at radius 1 is 0.667 bits per heavy atom. The highest BCUT2D eigenvalue weighted by Crippen LogP contribution is 2.53. The van der Waals surface area contributed by atoms with Crippen molar-refractivity contribution >= 4 is 11.8 Å². The fourth-order valence-corrected chi connectivity index (χ4v) is 8.78. The third-order valence-electron chi connectivity index (χ3n) is 8.03. The lowest BCUT2D eigenvalue weighted by Gasteiger charge is -2.71. The smallest absolute Gasteiger partial charge is 0.174 e. The first-order valence-electron chi connectivity index (χ1n) is 12.4. The number of likely N-dealkylation sites (N-methyl/N-ethyl adjacent to an activating group) is 1. The second-order valence-electron chi connectivity index (χ2n) is 9.59. The molecule has 5 fully saturated rings. The van der Waals surface area contributed by atoms with Gasteiger partial charge >= 0.3 is 0 Å². The van der Waals surface area contributed by atoms with E-state index in [9.17, 15) is 0 Å². The van der Waals surface area contributed by atoms with Gasteiger partial charge in [0.2, 0.25) is 0 Å². The van der Waals surface area contributed by atoms with Crippen molar-refractivity contribution in [2.45, 2.75) is 42.9 Å². The molecule has 1 N–H and O–H groups in total. The van der Waals surface area contributed by atoms with Gasteiger partial charge in [-0.25, -0.2) is 0 Å².